The monoisotopic (exact) mass is 186 g/mol. The van der Waals surface area contributed by atoms with Crippen molar-refractivity contribution in [2.24, 2.45) is 5.92 Å². The van der Waals surface area contributed by atoms with Gasteiger partial charge in [0.05, 0.1) is 6.10 Å². The lowest BCUT2D eigenvalue weighted by atomic mass is 10.1. The second-order valence-corrected chi connectivity index (χ2v) is 4.47. The average Bonchev–Trinajstić information content (AvgIpc) is 2.47. The van der Waals surface area contributed by atoms with E-state index in [0.717, 1.165) is 13.1 Å². The molecule has 78 valence electrons. The second-order valence-electron chi connectivity index (χ2n) is 4.47. The van der Waals surface area contributed by atoms with E-state index in [4.69, 9.17) is 0 Å². The third-order valence-corrected chi connectivity index (χ3v) is 2.78. The van der Waals surface area contributed by atoms with E-state index >= 15 is 0 Å². The van der Waals surface area contributed by atoms with E-state index in [0.29, 0.717) is 12.0 Å². The normalized spacial score (nSPS) is 27.0. The largest absolute Gasteiger partial charge is 0.392 e. The third-order valence-electron chi connectivity index (χ3n) is 2.78. The number of likely N-dealkylation sites (tertiary alicyclic amines) is 1. The number of rotatable bonds is 4. The summed E-state index contributed by atoms with van der Waals surface area (Å²) in [7, 11) is 2.14. The second kappa shape index (κ2) is 4.94. The zero-order valence-electron chi connectivity index (χ0n) is 8.95. The van der Waals surface area contributed by atoms with Gasteiger partial charge in [-0.15, -0.1) is 0 Å². The van der Waals surface area contributed by atoms with Gasteiger partial charge in [-0.1, -0.05) is 13.8 Å². The number of nitrogens with zero attached hydrogens (tertiary/aromatic N) is 1. The first-order valence-corrected chi connectivity index (χ1v) is 5.19. The summed E-state index contributed by atoms with van der Waals surface area (Å²) in [4.78, 5) is 2.32. The van der Waals surface area contributed by atoms with Gasteiger partial charge in [-0.25, -0.2) is 0 Å². The van der Waals surface area contributed by atoms with E-state index in [1.165, 1.54) is 13.0 Å². The zero-order chi connectivity index (χ0) is 9.84. The van der Waals surface area contributed by atoms with Crippen molar-refractivity contribution in [1.82, 2.24) is 10.2 Å². The molecule has 0 bridgehead atoms. The SMILES string of the molecule is CC(C)C(O)CNC1CCN(C)C1. The predicted molar refractivity (Wildman–Crippen MR) is 54.7 cm³/mol. The highest BCUT2D eigenvalue weighted by Crippen LogP contribution is 2.07. The Morgan fingerprint density at radius 1 is 1.54 bits per heavy atom. The lowest BCUT2D eigenvalue weighted by molar-refractivity contribution is 0.120. The number of aliphatic hydroxyl groups is 1. The molecule has 13 heavy (non-hydrogen) atoms. The Bertz CT molecular complexity index is 150. The number of hydrogen-bond donors (Lipinski definition) is 2. The first kappa shape index (κ1) is 11.0. The highest BCUT2D eigenvalue weighted by atomic mass is 16.3. The Hall–Kier alpha value is -0.120. The van der Waals surface area contributed by atoms with Crippen molar-refractivity contribution in [3.05, 3.63) is 0 Å². The van der Waals surface area contributed by atoms with Gasteiger partial charge in [0.1, 0.15) is 0 Å². The first-order valence-electron chi connectivity index (χ1n) is 5.19. The van der Waals surface area contributed by atoms with E-state index in [9.17, 15) is 5.11 Å². The van der Waals surface area contributed by atoms with Gasteiger partial charge in [-0.05, 0) is 25.9 Å². The van der Waals surface area contributed by atoms with Gasteiger partial charge < -0.3 is 15.3 Å². The maximum Gasteiger partial charge on any atom is 0.0687 e. The van der Waals surface area contributed by atoms with E-state index in [1.807, 2.05) is 13.8 Å². The van der Waals surface area contributed by atoms with Gasteiger partial charge in [-0.2, -0.15) is 0 Å². The van der Waals surface area contributed by atoms with Crippen LogP contribution in [0.1, 0.15) is 20.3 Å². The lowest BCUT2D eigenvalue weighted by Crippen LogP contribution is -2.38. The van der Waals surface area contributed by atoms with Crippen molar-refractivity contribution >= 4 is 0 Å². The fourth-order valence-corrected chi connectivity index (χ4v) is 1.62. The molecule has 3 heteroatoms. The molecule has 0 aromatic carbocycles. The molecular weight excluding hydrogens is 164 g/mol. The smallest absolute Gasteiger partial charge is 0.0687 e. The summed E-state index contributed by atoms with van der Waals surface area (Å²) in [5.41, 5.74) is 0. The summed E-state index contributed by atoms with van der Waals surface area (Å²) in [6.45, 7) is 7.12. The quantitative estimate of drug-likeness (QED) is 0.663. The van der Waals surface area contributed by atoms with Gasteiger partial charge in [0.25, 0.3) is 0 Å². The molecule has 1 heterocycles. The summed E-state index contributed by atoms with van der Waals surface area (Å²) in [6, 6.07) is 0.582. The Morgan fingerprint density at radius 3 is 2.69 bits per heavy atom. The van der Waals surface area contributed by atoms with Gasteiger partial charge in [0, 0.05) is 19.1 Å². The highest BCUT2D eigenvalue weighted by Gasteiger charge is 2.19. The minimum absolute atomic E-state index is 0.203. The fraction of sp³-hybridized carbons (Fsp3) is 1.00. The van der Waals surface area contributed by atoms with E-state index < -0.39 is 0 Å². The van der Waals surface area contributed by atoms with Crippen molar-refractivity contribution < 1.29 is 5.11 Å². The standard InChI is InChI=1S/C10H22N2O/c1-8(2)10(13)6-11-9-4-5-12(3)7-9/h8-11,13H,4-7H2,1-3H3. The molecule has 0 amide bonds. The molecule has 0 aromatic rings. The number of nitrogens with one attached hydrogen (secondary N) is 1. The molecule has 0 radical (unpaired) electrons. The molecule has 0 aliphatic carbocycles. The van der Waals surface area contributed by atoms with Crippen LogP contribution >= 0.6 is 0 Å². The van der Waals surface area contributed by atoms with Crippen molar-refractivity contribution in [3.63, 3.8) is 0 Å². The predicted octanol–water partition coefficient (Wildman–Crippen LogP) is 0.297. The van der Waals surface area contributed by atoms with Gasteiger partial charge in [-0.3, -0.25) is 0 Å². The van der Waals surface area contributed by atoms with E-state index in [1.54, 1.807) is 0 Å². The van der Waals surface area contributed by atoms with Crippen molar-refractivity contribution in [1.29, 1.82) is 0 Å². The van der Waals surface area contributed by atoms with Crippen molar-refractivity contribution in [3.8, 4) is 0 Å². The molecule has 1 aliphatic heterocycles. The molecule has 1 fully saturated rings. The van der Waals surface area contributed by atoms with Crippen LogP contribution in [0.5, 0.6) is 0 Å². The number of aliphatic hydroxyl groups excluding tert-OH is 1. The van der Waals surface area contributed by atoms with Crippen molar-refractivity contribution in [2.45, 2.75) is 32.4 Å². The van der Waals surface area contributed by atoms with Gasteiger partial charge >= 0.3 is 0 Å². The van der Waals surface area contributed by atoms with E-state index in [2.05, 4.69) is 17.3 Å². The number of likely N-dealkylation sites (N-methyl/N-ethyl adjacent to an activating group) is 1. The minimum atomic E-state index is -0.203. The Balaban J connectivity index is 2.12. The van der Waals surface area contributed by atoms with Crippen LogP contribution in [-0.2, 0) is 0 Å². The Morgan fingerprint density at radius 2 is 2.23 bits per heavy atom. The summed E-state index contributed by atoms with van der Waals surface area (Å²) >= 11 is 0. The zero-order valence-corrected chi connectivity index (χ0v) is 8.95. The maximum absolute atomic E-state index is 9.58. The Labute approximate surface area is 81.1 Å². The molecule has 0 saturated carbocycles. The van der Waals surface area contributed by atoms with Crippen LogP contribution < -0.4 is 5.32 Å². The van der Waals surface area contributed by atoms with Crippen LogP contribution in [0.2, 0.25) is 0 Å². The summed E-state index contributed by atoms with van der Waals surface area (Å²) in [5.74, 6) is 0.353. The van der Waals surface area contributed by atoms with Crippen LogP contribution in [0.3, 0.4) is 0 Å². The molecule has 1 rings (SSSR count). The van der Waals surface area contributed by atoms with Gasteiger partial charge in [0.2, 0.25) is 0 Å². The van der Waals surface area contributed by atoms with Gasteiger partial charge in [0.15, 0.2) is 0 Å². The molecule has 3 nitrogen and oxygen atoms in total. The molecule has 0 spiro atoms. The molecule has 2 N–H and O–H groups in total. The molecule has 1 aliphatic rings. The summed E-state index contributed by atoms with van der Waals surface area (Å²) in [6.07, 6.45) is 1.01. The lowest BCUT2D eigenvalue weighted by Gasteiger charge is -2.18. The Kier molecular flexibility index (Phi) is 4.16. The molecule has 2 unspecified atom stereocenters. The summed E-state index contributed by atoms with van der Waals surface area (Å²) in [5, 5.41) is 13.0. The molecule has 1 saturated heterocycles. The summed E-state index contributed by atoms with van der Waals surface area (Å²) < 4.78 is 0. The molecule has 0 aromatic heterocycles. The van der Waals surface area contributed by atoms with Crippen LogP contribution in [0.15, 0.2) is 0 Å². The van der Waals surface area contributed by atoms with Crippen molar-refractivity contribution in [2.75, 3.05) is 26.7 Å². The van der Waals surface area contributed by atoms with Crippen LogP contribution in [0, 0.1) is 5.92 Å². The van der Waals surface area contributed by atoms with E-state index in [-0.39, 0.29) is 6.10 Å². The number of hydrogen-bond acceptors (Lipinski definition) is 3. The fourth-order valence-electron chi connectivity index (χ4n) is 1.62. The topological polar surface area (TPSA) is 35.5 Å². The third kappa shape index (κ3) is 3.63. The van der Waals surface area contributed by atoms with Crippen LogP contribution in [-0.4, -0.2) is 48.8 Å². The maximum atomic E-state index is 9.58. The highest BCUT2D eigenvalue weighted by molar-refractivity contribution is 4.80. The average molecular weight is 186 g/mol. The first-order chi connectivity index (χ1) is 6.09. The molecule has 2 atom stereocenters. The molecular formula is C10H22N2O. The van der Waals surface area contributed by atoms with Crippen LogP contribution in [0.25, 0.3) is 0 Å². The minimum Gasteiger partial charge on any atom is -0.392 e. The van der Waals surface area contributed by atoms with Crippen LogP contribution in [0.4, 0.5) is 0 Å².